The fourth-order valence-corrected chi connectivity index (χ4v) is 6.00. The first-order valence-corrected chi connectivity index (χ1v) is 12.4. The van der Waals surface area contributed by atoms with Crippen LogP contribution in [0.4, 0.5) is 0 Å². The van der Waals surface area contributed by atoms with Crippen LogP contribution in [0.15, 0.2) is 12.1 Å². The Morgan fingerprint density at radius 1 is 0.793 bits per heavy atom. The summed E-state index contributed by atoms with van der Waals surface area (Å²) in [5, 5.41) is 0. The molecule has 4 rings (SSSR count). The van der Waals surface area contributed by atoms with Gasteiger partial charge in [0.05, 0.1) is 4.88 Å². The van der Waals surface area contributed by atoms with Crippen LogP contribution in [-0.2, 0) is 11.3 Å². The lowest BCUT2D eigenvalue weighted by molar-refractivity contribution is -0.138. The maximum Gasteiger partial charge on any atom is 0.264 e. The zero-order chi connectivity index (χ0) is 20.1. The second-order valence-electron chi connectivity index (χ2n) is 8.91. The Balaban J connectivity index is 1.27. The van der Waals surface area contributed by atoms with Crippen molar-refractivity contribution in [2.24, 2.45) is 5.92 Å². The third-order valence-electron chi connectivity index (χ3n) is 6.78. The highest BCUT2D eigenvalue weighted by atomic mass is 32.1. The minimum absolute atomic E-state index is 0.141. The average molecular weight is 418 g/mol. The molecule has 2 saturated heterocycles. The molecule has 0 unspecified atom stereocenters. The highest BCUT2D eigenvalue weighted by Gasteiger charge is 2.30. The molecule has 0 radical (unpaired) electrons. The van der Waals surface area contributed by atoms with Crippen LogP contribution in [0.1, 0.15) is 72.3 Å². The molecule has 3 heterocycles. The quantitative estimate of drug-likeness (QED) is 0.744. The zero-order valence-corrected chi connectivity index (χ0v) is 18.4. The van der Waals surface area contributed by atoms with Crippen molar-refractivity contribution in [3.63, 3.8) is 0 Å². The molecule has 0 bridgehead atoms. The van der Waals surface area contributed by atoms with Crippen LogP contribution < -0.4 is 0 Å². The number of likely N-dealkylation sites (tertiary alicyclic amines) is 1. The molecule has 0 aromatic carbocycles. The number of amides is 2. The highest BCUT2D eigenvalue weighted by Crippen LogP contribution is 2.26. The van der Waals surface area contributed by atoms with Gasteiger partial charge in [0.25, 0.3) is 5.91 Å². The Morgan fingerprint density at radius 2 is 1.41 bits per heavy atom. The van der Waals surface area contributed by atoms with Crippen molar-refractivity contribution in [1.29, 1.82) is 0 Å². The molecule has 5 nitrogen and oxygen atoms in total. The smallest absolute Gasteiger partial charge is 0.264 e. The summed E-state index contributed by atoms with van der Waals surface area (Å²) < 4.78 is 0. The van der Waals surface area contributed by atoms with Crippen LogP contribution in [0.25, 0.3) is 0 Å². The number of carbonyl (C=O) groups excluding carboxylic acids is 2. The zero-order valence-electron chi connectivity index (χ0n) is 17.6. The van der Waals surface area contributed by atoms with E-state index in [1.165, 1.54) is 62.9 Å². The number of carbonyl (C=O) groups is 2. The molecule has 1 saturated carbocycles. The second-order valence-corrected chi connectivity index (χ2v) is 10.1. The van der Waals surface area contributed by atoms with E-state index in [4.69, 9.17) is 0 Å². The standard InChI is InChI=1S/C23H35N3O2S/c27-22(19-8-4-3-5-9-19)25-14-16-26(17-15-25)23(28)21-11-10-20(29-21)18-24-12-6-1-2-7-13-24/h10-11,19H,1-9,12-18H2. The molecule has 3 aliphatic rings. The Morgan fingerprint density at radius 3 is 2.10 bits per heavy atom. The van der Waals surface area contributed by atoms with E-state index in [-0.39, 0.29) is 11.8 Å². The molecule has 1 aromatic heterocycles. The monoisotopic (exact) mass is 417 g/mol. The molecule has 1 aromatic rings. The molecule has 1 aliphatic carbocycles. The molecular formula is C23H35N3O2S. The van der Waals surface area contributed by atoms with Crippen molar-refractivity contribution >= 4 is 23.2 Å². The number of rotatable bonds is 4. The first kappa shape index (κ1) is 20.9. The first-order valence-electron chi connectivity index (χ1n) is 11.6. The van der Waals surface area contributed by atoms with Crippen LogP contribution in [0.3, 0.4) is 0 Å². The van der Waals surface area contributed by atoms with E-state index in [0.717, 1.165) is 24.3 Å². The fraction of sp³-hybridized carbons (Fsp3) is 0.739. The second kappa shape index (κ2) is 10.1. The Kier molecular flexibility index (Phi) is 7.24. The van der Waals surface area contributed by atoms with Crippen molar-refractivity contribution in [3.8, 4) is 0 Å². The van der Waals surface area contributed by atoms with Crippen LogP contribution in [0.2, 0.25) is 0 Å². The average Bonchev–Trinajstić information content (AvgIpc) is 3.08. The van der Waals surface area contributed by atoms with Crippen LogP contribution in [0.5, 0.6) is 0 Å². The Bertz CT molecular complexity index is 682. The highest BCUT2D eigenvalue weighted by molar-refractivity contribution is 7.14. The van der Waals surface area contributed by atoms with Gasteiger partial charge < -0.3 is 9.80 Å². The van der Waals surface area contributed by atoms with Gasteiger partial charge in [-0.25, -0.2) is 0 Å². The molecule has 0 spiro atoms. The minimum Gasteiger partial charge on any atom is -0.339 e. The van der Waals surface area contributed by atoms with Crippen molar-refractivity contribution in [3.05, 3.63) is 21.9 Å². The van der Waals surface area contributed by atoms with Crippen molar-refractivity contribution in [2.75, 3.05) is 39.3 Å². The maximum atomic E-state index is 13.0. The van der Waals surface area contributed by atoms with Gasteiger partial charge in [-0.3, -0.25) is 14.5 Å². The molecule has 29 heavy (non-hydrogen) atoms. The van der Waals surface area contributed by atoms with E-state index in [2.05, 4.69) is 11.0 Å². The van der Waals surface area contributed by atoms with Crippen LogP contribution in [-0.4, -0.2) is 65.8 Å². The normalized spacial score (nSPS) is 22.5. The lowest BCUT2D eigenvalue weighted by atomic mass is 9.88. The largest absolute Gasteiger partial charge is 0.339 e. The van der Waals surface area contributed by atoms with E-state index in [9.17, 15) is 9.59 Å². The van der Waals surface area contributed by atoms with Crippen molar-refractivity contribution in [1.82, 2.24) is 14.7 Å². The minimum atomic E-state index is 0.141. The van der Waals surface area contributed by atoms with Gasteiger partial charge in [-0.2, -0.15) is 0 Å². The summed E-state index contributed by atoms with van der Waals surface area (Å²) in [6.07, 6.45) is 11.0. The van der Waals surface area contributed by atoms with Gasteiger partial charge in [-0.05, 0) is 50.9 Å². The SMILES string of the molecule is O=C(c1ccc(CN2CCCCCC2)s1)N1CCN(C(=O)C2CCCCC2)CC1. The Hall–Kier alpha value is -1.40. The summed E-state index contributed by atoms with van der Waals surface area (Å²) in [6.45, 7) is 6.03. The van der Waals surface area contributed by atoms with Crippen LogP contribution in [0, 0.1) is 5.92 Å². The van der Waals surface area contributed by atoms with E-state index >= 15 is 0 Å². The topological polar surface area (TPSA) is 43.9 Å². The van der Waals surface area contributed by atoms with Gasteiger partial charge in [0, 0.05) is 43.5 Å². The summed E-state index contributed by atoms with van der Waals surface area (Å²) in [7, 11) is 0. The van der Waals surface area contributed by atoms with Gasteiger partial charge in [0.1, 0.15) is 0 Å². The first-order chi connectivity index (χ1) is 14.2. The van der Waals surface area contributed by atoms with Gasteiger partial charge in [-0.1, -0.05) is 32.1 Å². The molecule has 0 N–H and O–H groups in total. The summed E-state index contributed by atoms with van der Waals surface area (Å²) in [5.74, 6) is 0.694. The van der Waals surface area contributed by atoms with Gasteiger partial charge in [0.15, 0.2) is 0 Å². The predicted octanol–water partition coefficient (Wildman–Crippen LogP) is 3.99. The van der Waals surface area contributed by atoms with Gasteiger partial charge in [0.2, 0.25) is 5.91 Å². The molecule has 6 heteroatoms. The third-order valence-corrected chi connectivity index (χ3v) is 7.84. The van der Waals surface area contributed by atoms with E-state index in [0.29, 0.717) is 32.1 Å². The number of thiophene rings is 1. The van der Waals surface area contributed by atoms with Crippen molar-refractivity contribution in [2.45, 2.75) is 64.3 Å². The lowest BCUT2D eigenvalue weighted by Gasteiger charge is -2.37. The number of hydrogen-bond donors (Lipinski definition) is 0. The number of hydrogen-bond acceptors (Lipinski definition) is 4. The summed E-state index contributed by atoms with van der Waals surface area (Å²) >= 11 is 1.65. The molecule has 2 aliphatic heterocycles. The third kappa shape index (κ3) is 5.40. The lowest BCUT2D eigenvalue weighted by Crippen LogP contribution is -2.52. The molecule has 0 atom stereocenters. The fourth-order valence-electron chi connectivity index (χ4n) is 4.99. The number of nitrogens with zero attached hydrogens (tertiary/aromatic N) is 3. The Labute approximate surface area is 179 Å². The molecule has 3 fully saturated rings. The maximum absolute atomic E-state index is 13.0. The van der Waals surface area contributed by atoms with Gasteiger partial charge in [-0.15, -0.1) is 11.3 Å². The number of piperazine rings is 1. The molecule has 160 valence electrons. The van der Waals surface area contributed by atoms with E-state index < -0.39 is 0 Å². The molecule has 2 amide bonds. The van der Waals surface area contributed by atoms with Crippen LogP contribution >= 0.6 is 11.3 Å². The summed E-state index contributed by atoms with van der Waals surface area (Å²) in [5.41, 5.74) is 0. The predicted molar refractivity (Wildman–Crippen MR) is 117 cm³/mol. The van der Waals surface area contributed by atoms with Gasteiger partial charge >= 0.3 is 0 Å². The van der Waals surface area contributed by atoms with Crippen molar-refractivity contribution < 1.29 is 9.59 Å². The summed E-state index contributed by atoms with van der Waals surface area (Å²) in [4.78, 5) is 34.3. The molecular weight excluding hydrogens is 382 g/mol. The van der Waals surface area contributed by atoms with E-state index in [1.807, 2.05) is 15.9 Å². The van der Waals surface area contributed by atoms with E-state index in [1.54, 1.807) is 11.3 Å². The summed E-state index contributed by atoms with van der Waals surface area (Å²) in [6, 6.07) is 4.13.